The molecular weight excluding hydrogens is 648 g/mol. The van der Waals surface area contributed by atoms with Crippen molar-refractivity contribution in [3.8, 4) is 34.5 Å². The van der Waals surface area contributed by atoms with Crippen LogP contribution in [0.25, 0.3) is 6.08 Å². The van der Waals surface area contributed by atoms with Gasteiger partial charge in [-0.3, -0.25) is 4.79 Å². The third kappa shape index (κ3) is 6.88. The van der Waals surface area contributed by atoms with E-state index in [0.717, 1.165) is 19.1 Å². The summed E-state index contributed by atoms with van der Waals surface area (Å²) in [5.74, 6) is -3.00. The molecule has 48 heavy (non-hydrogen) atoms. The zero-order chi connectivity index (χ0) is 35.0. The maximum atomic E-state index is 11.3. The highest BCUT2D eigenvalue weighted by Gasteiger charge is 2.47. The fourth-order valence-electron chi connectivity index (χ4n) is 5.35. The Labute approximate surface area is 271 Å². The van der Waals surface area contributed by atoms with Crippen LogP contribution in [0.5, 0.6) is 34.5 Å². The SMILES string of the molecule is COc1cc(C2Oc3cc(O)cc(OC4OC(COC(C)=O)C(O)C(O)C4O)c3C=C2OC2OC(CO)C(O)C(O)C2O)cc(O)c1O. The minimum Gasteiger partial charge on any atom is -0.508 e. The van der Waals surface area contributed by atoms with Crippen molar-refractivity contribution in [1.82, 2.24) is 0 Å². The highest BCUT2D eigenvalue weighted by Crippen LogP contribution is 2.48. The summed E-state index contributed by atoms with van der Waals surface area (Å²) in [7, 11) is 1.23. The van der Waals surface area contributed by atoms with Crippen LogP contribution in [0.3, 0.4) is 0 Å². The third-order valence-electron chi connectivity index (χ3n) is 7.94. The van der Waals surface area contributed by atoms with Crippen LogP contribution in [-0.4, -0.2) is 139 Å². The highest BCUT2D eigenvalue weighted by molar-refractivity contribution is 5.70. The van der Waals surface area contributed by atoms with Crippen molar-refractivity contribution in [3.63, 3.8) is 0 Å². The first-order chi connectivity index (χ1) is 22.7. The Hall–Kier alpha value is -4.11. The molecule has 3 heterocycles. The first kappa shape index (κ1) is 35.2. The van der Waals surface area contributed by atoms with Gasteiger partial charge < -0.3 is 84.2 Å². The van der Waals surface area contributed by atoms with Gasteiger partial charge in [0, 0.05) is 24.6 Å². The second-order valence-electron chi connectivity index (χ2n) is 11.2. The van der Waals surface area contributed by atoms with E-state index in [-0.39, 0.29) is 34.1 Å². The molecule has 18 heteroatoms. The van der Waals surface area contributed by atoms with E-state index in [9.17, 15) is 55.9 Å². The van der Waals surface area contributed by atoms with Gasteiger partial charge in [-0.2, -0.15) is 0 Å². The van der Waals surface area contributed by atoms with E-state index in [1.165, 1.54) is 25.3 Å². The molecule has 11 atom stereocenters. The Bertz CT molecular complexity index is 1510. The molecule has 0 radical (unpaired) electrons. The van der Waals surface area contributed by atoms with Crippen LogP contribution in [0.4, 0.5) is 0 Å². The number of ether oxygens (including phenoxy) is 7. The lowest BCUT2D eigenvalue weighted by Gasteiger charge is -2.41. The summed E-state index contributed by atoms with van der Waals surface area (Å²) >= 11 is 0. The smallest absolute Gasteiger partial charge is 0.302 e. The third-order valence-corrected chi connectivity index (χ3v) is 7.94. The van der Waals surface area contributed by atoms with Crippen molar-refractivity contribution < 1.29 is 89.0 Å². The number of methoxy groups -OCH3 is 1. The van der Waals surface area contributed by atoms with Gasteiger partial charge in [0.1, 0.15) is 78.4 Å². The maximum Gasteiger partial charge on any atom is 0.302 e. The van der Waals surface area contributed by atoms with Crippen molar-refractivity contribution in [3.05, 3.63) is 41.2 Å². The number of fused-ring (bicyclic) bond motifs is 1. The average molecular weight is 685 g/mol. The lowest BCUT2D eigenvalue weighted by molar-refractivity contribution is -0.293. The number of esters is 1. The van der Waals surface area contributed by atoms with E-state index in [2.05, 4.69) is 0 Å². The molecule has 0 bridgehead atoms. The maximum absolute atomic E-state index is 11.3. The van der Waals surface area contributed by atoms with Crippen LogP contribution >= 0.6 is 0 Å². The number of hydrogen-bond donors (Lipinski definition) is 10. The van der Waals surface area contributed by atoms with Crippen molar-refractivity contribution in [2.45, 2.75) is 74.4 Å². The molecule has 3 aliphatic rings. The second kappa shape index (κ2) is 14.2. The van der Waals surface area contributed by atoms with Crippen LogP contribution in [0, 0.1) is 0 Å². The van der Waals surface area contributed by atoms with Crippen molar-refractivity contribution >= 4 is 12.0 Å². The molecule has 0 aromatic heterocycles. The Morgan fingerprint density at radius 2 is 1.42 bits per heavy atom. The van der Waals surface area contributed by atoms with Crippen molar-refractivity contribution in [2.24, 2.45) is 0 Å². The molecule has 0 amide bonds. The second-order valence-corrected chi connectivity index (χ2v) is 11.2. The molecule has 10 N–H and O–H groups in total. The van der Waals surface area contributed by atoms with E-state index < -0.39 is 104 Å². The minimum atomic E-state index is -1.85. The minimum absolute atomic E-state index is 0.0200. The fourth-order valence-corrected chi connectivity index (χ4v) is 5.35. The zero-order valence-corrected chi connectivity index (χ0v) is 25.4. The van der Waals surface area contributed by atoms with Gasteiger partial charge in [-0.25, -0.2) is 0 Å². The summed E-state index contributed by atoms with van der Waals surface area (Å²) in [6, 6.07) is 4.67. The molecular formula is C30H36O18. The molecule has 0 aliphatic carbocycles. The molecule has 0 saturated carbocycles. The zero-order valence-electron chi connectivity index (χ0n) is 25.4. The molecule has 264 valence electrons. The number of aliphatic hydroxyl groups is 7. The van der Waals surface area contributed by atoms with Crippen molar-refractivity contribution in [1.29, 1.82) is 0 Å². The van der Waals surface area contributed by atoms with E-state index in [0.29, 0.717) is 0 Å². The number of aromatic hydroxyl groups is 3. The van der Waals surface area contributed by atoms with Crippen LogP contribution in [-0.2, 0) is 23.7 Å². The monoisotopic (exact) mass is 684 g/mol. The number of carbonyl (C=O) groups excluding carboxylic acids is 1. The summed E-state index contributed by atoms with van der Waals surface area (Å²) in [6.07, 6.45) is -16.8. The standard InChI is InChI=1S/C30H36O18/c1-10(32)43-9-20-23(37)25(39)27(41)29(48-20)45-16-6-12(33)5-15-13(16)7-18(46-30-26(40)24(38)22(36)19(8-31)47-30)28(44-15)11-3-14(34)21(35)17(4-11)42-2/h3-7,19-20,22-31,33-41H,8-9H2,1-2H3. The number of phenols is 3. The van der Waals surface area contributed by atoms with Crippen LogP contribution < -0.4 is 14.2 Å². The van der Waals surface area contributed by atoms with Crippen LogP contribution in [0.15, 0.2) is 30.0 Å². The predicted molar refractivity (Wildman–Crippen MR) is 155 cm³/mol. The Morgan fingerprint density at radius 1 is 0.792 bits per heavy atom. The number of carbonyl (C=O) groups is 1. The van der Waals surface area contributed by atoms with Gasteiger partial charge in [-0.15, -0.1) is 0 Å². The largest absolute Gasteiger partial charge is 0.508 e. The highest BCUT2D eigenvalue weighted by atomic mass is 16.7. The number of rotatable bonds is 9. The van der Waals surface area contributed by atoms with E-state index in [4.69, 9.17) is 33.2 Å². The van der Waals surface area contributed by atoms with E-state index in [1.807, 2.05) is 0 Å². The fraction of sp³-hybridized carbons (Fsp3) is 0.500. The Kier molecular flexibility index (Phi) is 10.4. The lowest BCUT2D eigenvalue weighted by Crippen LogP contribution is -2.60. The summed E-state index contributed by atoms with van der Waals surface area (Å²) in [6.45, 7) is -0.134. The van der Waals surface area contributed by atoms with Gasteiger partial charge in [-0.1, -0.05) is 0 Å². The quantitative estimate of drug-likeness (QED) is 0.0995. The molecule has 18 nitrogen and oxygen atoms in total. The molecule has 2 fully saturated rings. The molecule has 3 aliphatic heterocycles. The van der Waals surface area contributed by atoms with Gasteiger partial charge in [0.05, 0.1) is 19.3 Å². The molecule has 2 saturated heterocycles. The molecule has 5 rings (SSSR count). The number of benzene rings is 2. The molecule has 2 aromatic carbocycles. The van der Waals surface area contributed by atoms with Gasteiger partial charge in [0.15, 0.2) is 17.6 Å². The Balaban J connectivity index is 1.55. The normalized spacial score (nSPS) is 33.1. The summed E-state index contributed by atoms with van der Waals surface area (Å²) in [5.41, 5.74) is 0.123. The number of hydrogen-bond acceptors (Lipinski definition) is 18. The van der Waals surface area contributed by atoms with Gasteiger partial charge in [-0.05, 0) is 18.2 Å². The lowest BCUT2D eigenvalue weighted by atomic mass is 9.98. The first-order valence-electron chi connectivity index (χ1n) is 14.6. The Morgan fingerprint density at radius 3 is 2.04 bits per heavy atom. The summed E-state index contributed by atoms with van der Waals surface area (Å²) in [4.78, 5) is 11.3. The molecule has 0 spiro atoms. The van der Waals surface area contributed by atoms with Gasteiger partial charge in [0.25, 0.3) is 0 Å². The predicted octanol–water partition coefficient (Wildman–Crippen LogP) is -2.15. The topological polar surface area (TPSA) is 284 Å². The number of aliphatic hydroxyl groups excluding tert-OH is 7. The van der Waals surface area contributed by atoms with E-state index in [1.54, 1.807) is 0 Å². The van der Waals surface area contributed by atoms with Crippen LogP contribution in [0.2, 0.25) is 0 Å². The van der Waals surface area contributed by atoms with Gasteiger partial charge >= 0.3 is 5.97 Å². The summed E-state index contributed by atoms with van der Waals surface area (Å²) < 4.78 is 39.0. The number of phenolic OH excluding ortho intramolecular Hbond substituents is 3. The summed E-state index contributed by atoms with van der Waals surface area (Å²) in [5, 5.41) is 103. The molecule has 11 unspecified atom stereocenters. The first-order valence-corrected chi connectivity index (χ1v) is 14.6. The van der Waals surface area contributed by atoms with Crippen molar-refractivity contribution in [2.75, 3.05) is 20.3 Å². The van der Waals surface area contributed by atoms with E-state index >= 15 is 0 Å². The average Bonchev–Trinajstić information content (AvgIpc) is 3.05. The van der Waals surface area contributed by atoms with Crippen LogP contribution in [0.1, 0.15) is 24.2 Å². The molecule has 2 aromatic rings. The van der Waals surface area contributed by atoms with Gasteiger partial charge in [0.2, 0.25) is 18.3 Å².